The molecule has 0 aliphatic carbocycles. The summed E-state index contributed by atoms with van der Waals surface area (Å²) in [6.07, 6.45) is 3.34. The second-order valence-electron chi connectivity index (χ2n) is 5.44. The van der Waals surface area contributed by atoms with Gasteiger partial charge in [0.05, 0.1) is 24.3 Å². The van der Waals surface area contributed by atoms with Gasteiger partial charge in [-0.15, -0.1) is 0 Å². The maximum atomic E-state index is 11.3. The van der Waals surface area contributed by atoms with Crippen LogP contribution in [0.25, 0.3) is 0 Å². The first kappa shape index (κ1) is 16.7. The quantitative estimate of drug-likeness (QED) is 0.819. The Balaban J connectivity index is 1.77. The van der Waals surface area contributed by atoms with Crippen molar-refractivity contribution in [3.63, 3.8) is 0 Å². The van der Waals surface area contributed by atoms with Crippen molar-refractivity contribution < 1.29 is 14.6 Å². The van der Waals surface area contributed by atoms with E-state index < -0.39 is 5.97 Å². The number of nitrogens with zero attached hydrogens (tertiary/aromatic N) is 3. The molecule has 0 atom stereocenters. The molecule has 128 valence electrons. The van der Waals surface area contributed by atoms with E-state index in [0.717, 1.165) is 13.1 Å². The molecule has 1 aliphatic rings. The van der Waals surface area contributed by atoms with Gasteiger partial charge in [-0.2, -0.15) is 0 Å². The Kier molecular flexibility index (Phi) is 5.11. The van der Waals surface area contributed by atoms with Gasteiger partial charge in [0.1, 0.15) is 0 Å². The highest BCUT2D eigenvalue weighted by atomic mass is 16.5. The number of rotatable bonds is 3. The Morgan fingerprint density at radius 2 is 1.88 bits per heavy atom. The SMILES string of the molecule is CNc1ccc(C#Cc2cnc(N3CCOCC3)nc2)cc1C(=O)O. The van der Waals surface area contributed by atoms with Crippen LogP contribution in [0, 0.1) is 11.8 Å². The number of carboxylic acids is 1. The average molecular weight is 338 g/mol. The minimum atomic E-state index is -0.994. The fourth-order valence-corrected chi connectivity index (χ4v) is 2.47. The van der Waals surface area contributed by atoms with Crippen molar-refractivity contribution >= 4 is 17.6 Å². The smallest absolute Gasteiger partial charge is 0.337 e. The van der Waals surface area contributed by atoms with Gasteiger partial charge < -0.3 is 20.1 Å². The molecule has 0 unspecified atom stereocenters. The first-order chi connectivity index (χ1) is 12.2. The Morgan fingerprint density at radius 3 is 2.52 bits per heavy atom. The van der Waals surface area contributed by atoms with Gasteiger partial charge in [-0.25, -0.2) is 14.8 Å². The van der Waals surface area contributed by atoms with Gasteiger partial charge >= 0.3 is 5.97 Å². The molecule has 1 aliphatic heterocycles. The van der Waals surface area contributed by atoms with E-state index in [2.05, 4.69) is 32.0 Å². The van der Waals surface area contributed by atoms with Crippen LogP contribution in [-0.4, -0.2) is 54.4 Å². The van der Waals surface area contributed by atoms with Crippen LogP contribution in [0.3, 0.4) is 0 Å². The number of hydrogen-bond acceptors (Lipinski definition) is 6. The van der Waals surface area contributed by atoms with Crippen molar-refractivity contribution in [3.8, 4) is 11.8 Å². The third-order valence-electron chi connectivity index (χ3n) is 3.80. The number of benzene rings is 1. The molecule has 0 saturated carbocycles. The molecule has 1 saturated heterocycles. The normalized spacial score (nSPS) is 13.7. The van der Waals surface area contributed by atoms with Gasteiger partial charge in [-0.05, 0) is 18.2 Å². The average Bonchev–Trinajstić information content (AvgIpc) is 2.67. The summed E-state index contributed by atoms with van der Waals surface area (Å²) in [5, 5.41) is 12.1. The van der Waals surface area contributed by atoms with Gasteiger partial charge in [0, 0.05) is 43.8 Å². The number of aromatic nitrogens is 2. The highest BCUT2D eigenvalue weighted by Gasteiger charge is 2.13. The van der Waals surface area contributed by atoms with Gasteiger partial charge in [0.2, 0.25) is 5.95 Å². The largest absolute Gasteiger partial charge is 0.478 e. The third-order valence-corrected chi connectivity index (χ3v) is 3.80. The van der Waals surface area contributed by atoms with E-state index in [1.165, 1.54) is 0 Å². The molecule has 1 fully saturated rings. The lowest BCUT2D eigenvalue weighted by atomic mass is 10.1. The fraction of sp³-hybridized carbons (Fsp3) is 0.278. The monoisotopic (exact) mass is 338 g/mol. The van der Waals surface area contributed by atoms with E-state index in [9.17, 15) is 9.90 Å². The molecule has 1 aromatic carbocycles. The standard InChI is InChI=1S/C18H18N4O3/c1-19-16-5-4-13(10-15(16)17(23)24)2-3-14-11-20-18(21-12-14)22-6-8-25-9-7-22/h4-5,10-12,19H,6-9H2,1H3,(H,23,24). The summed E-state index contributed by atoms with van der Waals surface area (Å²) in [6, 6.07) is 5.02. The Labute approximate surface area is 145 Å². The molecule has 2 N–H and O–H groups in total. The molecule has 25 heavy (non-hydrogen) atoms. The summed E-state index contributed by atoms with van der Waals surface area (Å²) in [4.78, 5) is 22.0. The van der Waals surface area contributed by atoms with Gasteiger partial charge in [0.25, 0.3) is 0 Å². The van der Waals surface area contributed by atoms with E-state index in [0.29, 0.717) is 36.0 Å². The van der Waals surface area contributed by atoms with E-state index in [1.807, 2.05) is 0 Å². The lowest BCUT2D eigenvalue weighted by Gasteiger charge is -2.26. The molecule has 0 amide bonds. The molecular formula is C18H18N4O3. The predicted octanol–water partition coefficient (Wildman–Crippen LogP) is 1.45. The van der Waals surface area contributed by atoms with Crippen LogP contribution in [0.2, 0.25) is 0 Å². The molecule has 7 nitrogen and oxygen atoms in total. The zero-order valence-corrected chi connectivity index (χ0v) is 13.8. The number of morpholine rings is 1. The highest BCUT2D eigenvalue weighted by molar-refractivity contribution is 5.94. The summed E-state index contributed by atoms with van der Waals surface area (Å²) < 4.78 is 5.31. The number of carbonyl (C=O) groups is 1. The number of nitrogens with one attached hydrogen (secondary N) is 1. The Hall–Kier alpha value is -3.11. The van der Waals surface area contributed by atoms with Crippen molar-refractivity contribution in [1.82, 2.24) is 9.97 Å². The lowest BCUT2D eigenvalue weighted by molar-refractivity contribution is 0.0698. The molecule has 3 rings (SSSR count). The van der Waals surface area contributed by atoms with Crippen molar-refractivity contribution in [2.75, 3.05) is 43.6 Å². The van der Waals surface area contributed by atoms with Gasteiger partial charge in [-0.3, -0.25) is 0 Å². The van der Waals surface area contributed by atoms with Crippen LogP contribution >= 0.6 is 0 Å². The van der Waals surface area contributed by atoms with E-state index in [4.69, 9.17) is 4.74 Å². The van der Waals surface area contributed by atoms with Crippen LogP contribution in [0.5, 0.6) is 0 Å². The summed E-state index contributed by atoms with van der Waals surface area (Å²) >= 11 is 0. The van der Waals surface area contributed by atoms with Crippen LogP contribution in [-0.2, 0) is 4.74 Å². The molecule has 0 bridgehead atoms. The highest BCUT2D eigenvalue weighted by Crippen LogP contribution is 2.17. The van der Waals surface area contributed by atoms with Gasteiger partial charge in [-0.1, -0.05) is 11.8 Å². The zero-order valence-electron chi connectivity index (χ0n) is 13.8. The number of ether oxygens (including phenoxy) is 1. The Morgan fingerprint density at radius 1 is 1.20 bits per heavy atom. The number of anilines is 2. The maximum Gasteiger partial charge on any atom is 0.337 e. The molecule has 0 radical (unpaired) electrons. The van der Waals surface area contributed by atoms with Crippen molar-refractivity contribution in [3.05, 3.63) is 47.3 Å². The molecule has 1 aromatic heterocycles. The van der Waals surface area contributed by atoms with Crippen LogP contribution in [0.1, 0.15) is 21.5 Å². The lowest BCUT2D eigenvalue weighted by Crippen LogP contribution is -2.37. The van der Waals surface area contributed by atoms with Crippen LogP contribution in [0.15, 0.2) is 30.6 Å². The summed E-state index contributed by atoms with van der Waals surface area (Å²) in [6.45, 7) is 2.92. The number of aromatic carboxylic acids is 1. The summed E-state index contributed by atoms with van der Waals surface area (Å²) in [5.74, 6) is 5.59. The number of carboxylic acid groups (broad SMARTS) is 1. The molecule has 0 spiro atoms. The van der Waals surface area contributed by atoms with E-state index in [1.54, 1.807) is 37.6 Å². The molecule has 2 aromatic rings. The molecule has 2 heterocycles. The van der Waals surface area contributed by atoms with Crippen molar-refractivity contribution in [1.29, 1.82) is 0 Å². The van der Waals surface area contributed by atoms with Crippen molar-refractivity contribution in [2.24, 2.45) is 0 Å². The van der Waals surface area contributed by atoms with Crippen LogP contribution in [0.4, 0.5) is 11.6 Å². The minimum Gasteiger partial charge on any atom is -0.478 e. The van der Waals surface area contributed by atoms with E-state index >= 15 is 0 Å². The number of hydrogen-bond donors (Lipinski definition) is 2. The maximum absolute atomic E-state index is 11.3. The van der Waals surface area contributed by atoms with Gasteiger partial charge in [0.15, 0.2) is 0 Å². The third kappa shape index (κ3) is 4.05. The van der Waals surface area contributed by atoms with Crippen molar-refractivity contribution in [2.45, 2.75) is 0 Å². The second-order valence-corrected chi connectivity index (χ2v) is 5.44. The summed E-state index contributed by atoms with van der Waals surface area (Å²) in [5.41, 5.74) is 2.03. The Bertz CT molecular complexity index is 818. The first-order valence-electron chi connectivity index (χ1n) is 7.89. The van der Waals surface area contributed by atoms with Crippen LogP contribution < -0.4 is 10.2 Å². The molecule has 7 heteroatoms. The predicted molar refractivity (Wildman–Crippen MR) is 94.0 cm³/mol. The van der Waals surface area contributed by atoms with E-state index in [-0.39, 0.29) is 5.56 Å². The minimum absolute atomic E-state index is 0.188. The first-order valence-corrected chi connectivity index (χ1v) is 7.89. The topological polar surface area (TPSA) is 87.6 Å². The summed E-state index contributed by atoms with van der Waals surface area (Å²) in [7, 11) is 1.68. The molecular weight excluding hydrogens is 320 g/mol. The fourth-order valence-electron chi connectivity index (χ4n) is 2.47. The zero-order chi connectivity index (χ0) is 17.6. The second kappa shape index (κ2) is 7.64.